The lowest BCUT2D eigenvalue weighted by atomic mass is 9.92. The molecule has 2 heterocycles. The van der Waals surface area contributed by atoms with Crippen molar-refractivity contribution in [1.29, 1.82) is 0 Å². The third-order valence-corrected chi connectivity index (χ3v) is 4.34. The summed E-state index contributed by atoms with van der Waals surface area (Å²) in [6, 6.07) is 1.73. The molecule has 0 aliphatic rings. The van der Waals surface area contributed by atoms with E-state index < -0.39 is 5.60 Å². The van der Waals surface area contributed by atoms with Crippen LogP contribution in [0, 0.1) is 0 Å². The van der Waals surface area contributed by atoms with Crippen molar-refractivity contribution in [2.45, 2.75) is 45.1 Å². The minimum atomic E-state index is -0.847. The monoisotopic (exact) mass is 334 g/mol. The Labute approximate surface area is 140 Å². The molecule has 124 valence electrons. The molecule has 0 spiro atoms. The molecule has 2 aromatic rings. The van der Waals surface area contributed by atoms with Crippen molar-refractivity contribution in [3.8, 4) is 10.8 Å². The van der Waals surface area contributed by atoms with E-state index in [-0.39, 0.29) is 12.5 Å². The summed E-state index contributed by atoms with van der Waals surface area (Å²) in [5, 5.41) is 15.6. The Kier molecular flexibility index (Phi) is 6.18. The average Bonchev–Trinajstić information content (AvgIpc) is 3.04. The van der Waals surface area contributed by atoms with E-state index in [4.69, 9.17) is 0 Å². The van der Waals surface area contributed by atoms with E-state index in [2.05, 4.69) is 20.3 Å². The summed E-state index contributed by atoms with van der Waals surface area (Å²) < 4.78 is 0. The molecule has 0 saturated heterocycles. The first-order valence-electron chi connectivity index (χ1n) is 7.81. The average molecular weight is 334 g/mol. The molecule has 0 radical (unpaired) electrons. The Morgan fingerprint density at radius 3 is 2.52 bits per heavy atom. The molecule has 1 amide bonds. The van der Waals surface area contributed by atoms with Gasteiger partial charge in [0.15, 0.2) is 10.8 Å². The Morgan fingerprint density at radius 1 is 1.26 bits per heavy atom. The molecule has 0 saturated carbocycles. The van der Waals surface area contributed by atoms with Gasteiger partial charge in [0.2, 0.25) is 0 Å². The van der Waals surface area contributed by atoms with Crippen molar-refractivity contribution in [1.82, 2.24) is 20.3 Å². The Bertz CT molecular complexity index is 624. The minimum absolute atomic E-state index is 0.238. The molecule has 0 aliphatic heterocycles. The number of carbonyl (C=O) groups is 1. The fourth-order valence-corrected chi connectivity index (χ4v) is 3.20. The maximum absolute atomic E-state index is 12.2. The van der Waals surface area contributed by atoms with Gasteiger partial charge in [0.1, 0.15) is 5.69 Å². The van der Waals surface area contributed by atoms with Gasteiger partial charge in [-0.1, -0.05) is 26.7 Å². The smallest absolute Gasteiger partial charge is 0.270 e. The number of hydrogen-bond acceptors (Lipinski definition) is 6. The highest BCUT2D eigenvalue weighted by Crippen LogP contribution is 2.21. The second-order valence-electron chi connectivity index (χ2n) is 5.52. The summed E-state index contributed by atoms with van der Waals surface area (Å²) in [5.74, 6) is 0.221. The highest BCUT2D eigenvalue weighted by Gasteiger charge is 2.26. The predicted molar refractivity (Wildman–Crippen MR) is 90.2 cm³/mol. The van der Waals surface area contributed by atoms with E-state index in [1.807, 2.05) is 13.8 Å². The number of carbonyl (C=O) groups excluding carboxylic acids is 1. The minimum Gasteiger partial charge on any atom is -0.388 e. The predicted octanol–water partition coefficient (Wildman–Crippen LogP) is 2.66. The van der Waals surface area contributed by atoms with E-state index in [0.29, 0.717) is 29.4 Å². The summed E-state index contributed by atoms with van der Waals surface area (Å²) >= 11 is 1.33. The number of aliphatic hydroxyl groups is 1. The first-order valence-corrected chi connectivity index (χ1v) is 8.69. The number of amides is 1. The molecule has 2 aromatic heterocycles. The zero-order valence-electron chi connectivity index (χ0n) is 13.5. The third kappa shape index (κ3) is 4.80. The van der Waals surface area contributed by atoms with Gasteiger partial charge in [-0.15, -0.1) is 11.3 Å². The van der Waals surface area contributed by atoms with Crippen molar-refractivity contribution >= 4 is 17.2 Å². The van der Waals surface area contributed by atoms with Crippen LogP contribution in [0.5, 0.6) is 0 Å². The largest absolute Gasteiger partial charge is 0.388 e. The number of nitrogens with zero attached hydrogens (tertiary/aromatic N) is 3. The molecule has 0 atom stereocenters. The van der Waals surface area contributed by atoms with Crippen molar-refractivity contribution < 1.29 is 9.90 Å². The van der Waals surface area contributed by atoms with Gasteiger partial charge in [-0.3, -0.25) is 4.79 Å². The van der Waals surface area contributed by atoms with Gasteiger partial charge in [-0.2, -0.15) is 0 Å². The molecule has 0 fully saturated rings. The summed E-state index contributed by atoms with van der Waals surface area (Å²) in [6.07, 6.45) is 6.36. The first kappa shape index (κ1) is 17.5. The molecule has 23 heavy (non-hydrogen) atoms. The first-order chi connectivity index (χ1) is 11.1. The second-order valence-corrected chi connectivity index (χ2v) is 6.38. The molecule has 0 bridgehead atoms. The number of thiazole rings is 1. The maximum atomic E-state index is 12.2. The highest BCUT2D eigenvalue weighted by molar-refractivity contribution is 7.13. The fraction of sp³-hybridized carbons (Fsp3) is 0.500. The summed E-state index contributed by atoms with van der Waals surface area (Å²) in [5.41, 5.74) is -0.520. The third-order valence-electron chi connectivity index (χ3n) is 3.50. The molecule has 0 aromatic carbocycles. The molecule has 7 heteroatoms. The van der Waals surface area contributed by atoms with Gasteiger partial charge in [0.05, 0.1) is 5.60 Å². The fourth-order valence-electron chi connectivity index (χ4n) is 2.46. The van der Waals surface area contributed by atoms with E-state index >= 15 is 0 Å². The van der Waals surface area contributed by atoms with Crippen LogP contribution in [0.25, 0.3) is 10.8 Å². The standard InChI is InChI=1S/C16H22N4O2S/c1-3-6-16(22,7-4-2)11-19-14(21)12-10-23-15(20-12)13-17-8-5-9-18-13/h5,8-10,22H,3-4,6-7,11H2,1-2H3,(H,19,21). The van der Waals surface area contributed by atoms with E-state index in [0.717, 1.165) is 12.8 Å². The normalized spacial score (nSPS) is 11.4. The number of nitrogens with one attached hydrogen (secondary N) is 1. The van der Waals surface area contributed by atoms with Crippen molar-refractivity contribution in [2.24, 2.45) is 0 Å². The lowest BCUT2D eigenvalue weighted by Gasteiger charge is -2.27. The second kappa shape index (κ2) is 8.12. The van der Waals surface area contributed by atoms with Gasteiger partial charge in [0.25, 0.3) is 5.91 Å². The van der Waals surface area contributed by atoms with Gasteiger partial charge in [0, 0.05) is 24.3 Å². The van der Waals surface area contributed by atoms with E-state index in [1.54, 1.807) is 23.8 Å². The van der Waals surface area contributed by atoms with Gasteiger partial charge in [-0.05, 0) is 18.9 Å². The number of rotatable bonds is 8. The summed E-state index contributed by atoms with van der Waals surface area (Å²) in [7, 11) is 0. The van der Waals surface area contributed by atoms with E-state index in [1.165, 1.54) is 11.3 Å². The maximum Gasteiger partial charge on any atom is 0.270 e. The molecular formula is C16H22N4O2S. The van der Waals surface area contributed by atoms with Crippen LogP contribution in [0.2, 0.25) is 0 Å². The summed E-state index contributed by atoms with van der Waals surface area (Å²) in [4.78, 5) is 24.7. The van der Waals surface area contributed by atoms with Gasteiger partial charge >= 0.3 is 0 Å². The Hall–Kier alpha value is -1.86. The molecule has 0 unspecified atom stereocenters. The SMILES string of the molecule is CCCC(O)(CCC)CNC(=O)c1csc(-c2ncccn2)n1. The van der Waals surface area contributed by atoms with E-state index in [9.17, 15) is 9.90 Å². The van der Waals surface area contributed by atoms with Crippen LogP contribution in [0.4, 0.5) is 0 Å². The molecular weight excluding hydrogens is 312 g/mol. The Balaban J connectivity index is 2.00. The molecule has 0 aliphatic carbocycles. The summed E-state index contributed by atoms with van der Waals surface area (Å²) in [6.45, 7) is 4.28. The molecule has 6 nitrogen and oxygen atoms in total. The number of aromatic nitrogens is 3. The van der Waals surface area contributed by atoms with Gasteiger partial charge < -0.3 is 10.4 Å². The van der Waals surface area contributed by atoms with Crippen LogP contribution in [-0.2, 0) is 0 Å². The molecule has 2 rings (SSSR count). The highest BCUT2D eigenvalue weighted by atomic mass is 32.1. The Morgan fingerprint density at radius 2 is 1.91 bits per heavy atom. The van der Waals surface area contributed by atoms with Crippen LogP contribution in [0.3, 0.4) is 0 Å². The zero-order chi connectivity index (χ0) is 16.7. The lowest BCUT2D eigenvalue weighted by Crippen LogP contribution is -2.42. The van der Waals surface area contributed by atoms with Crippen LogP contribution in [0.1, 0.15) is 50.0 Å². The van der Waals surface area contributed by atoms with Crippen molar-refractivity contribution in [3.05, 3.63) is 29.5 Å². The van der Waals surface area contributed by atoms with Crippen LogP contribution < -0.4 is 5.32 Å². The van der Waals surface area contributed by atoms with Crippen LogP contribution in [-0.4, -0.2) is 38.1 Å². The van der Waals surface area contributed by atoms with Crippen LogP contribution in [0.15, 0.2) is 23.8 Å². The number of hydrogen-bond donors (Lipinski definition) is 2. The van der Waals surface area contributed by atoms with Crippen molar-refractivity contribution in [3.63, 3.8) is 0 Å². The van der Waals surface area contributed by atoms with Crippen molar-refractivity contribution in [2.75, 3.05) is 6.54 Å². The van der Waals surface area contributed by atoms with Gasteiger partial charge in [-0.25, -0.2) is 15.0 Å². The zero-order valence-corrected chi connectivity index (χ0v) is 14.3. The quantitative estimate of drug-likeness (QED) is 0.775. The van der Waals surface area contributed by atoms with Crippen LogP contribution >= 0.6 is 11.3 Å². The molecule has 2 N–H and O–H groups in total. The topological polar surface area (TPSA) is 88.0 Å². The lowest BCUT2D eigenvalue weighted by molar-refractivity contribution is 0.0212.